The highest BCUT2D eigenvalue weighted by Crippen LogP contribution is 2.46. The molecule has 32 heavy (non-hydrogen) atoms. The maximum absolute atomic E-state index is 15.0. The van der Waals surface area contributed by atoms with Crippen molar-refractivity contribution in [3.05, 3.63) is 59.4 Å². The van der Waals surface area contributed by atoms with Gasteiger partial charge in [0, 0.05) is 18.3 Å². The van der Waals surface area contributed by atoms with Crippen LogP contribution in [0.25, 0.3) is 0 Å². The molecule has 0 aliphatic carbocycles. The lowest BCUT2D eigenvalue weighted by atomic mass is 9.86. The second-order valence-corrected chi connectivity index (χ2v) is 9.43. The fourth-order valence-electron chi connectivity index (χ4n) is 3.88. The summed E-state index contributed by atoms with van der Waals surface area (Å²) < 4.78 is 73.7. The second kappa shape index (κ2) is 7.74. The van der Waals surface area contributed by atoms with Gasteiger partial charge in [-0.1, -0.05) is 0 Å². The summed E-state index contributed by atoms with van der Waals surface area (Å²) in [6.07, 6.45) is -0.525. The molecule has 2 aromatic rings. The molecule has 0 bridgehead atoms. The number of anilines is 1. The minimum absolute atomic E-state index is 0.0828. The van der Waals surface area contributed by atoms with E-state index in [-0.39, 0.29) is 16.9 Å². The van der Waals surface area contributed by atoms with Crippen molar-refractivity contribution in [3.63, 3.8) is 0 Å². The van der Waals surface area contributed by atoms with Crippen molar-refractivity contribution >= 4 is 27.6 Å². The number of nitrogens with two attached hydrogens (primary N) is 1. The zero-order valence-corrected chi connectivity index (χ0v) is 17.4. The number of amides is 1. The average Bonchev–Trinajstić information content (AvgIpc) is 3.14. The summed E-state index contributed by atoms with van der Waals surface area (Å²) in [5.74, 6) is -2.58. The number of nitrogens with zero attached hydrogens (tertiary/aromatic N) is 3. The predicted molar refractivity (Wildman–Crippen MR) is 108 cm³/mol. The number of hydrogen-bond acceptors (Lipinski definition) is 7. The quantitative estimate of drug-likeness (QED) is 0.691. The summed E-state index contributed by atoms with van der Waals surface area (Å²) in [6, 6.07) is 5.65. The number of aliphatic imine (C=N–C) groups is 1. The summed E-state index contributed by atoms with van der Waals surface area (Å²) in [5, 5.41) is 0.909. The Labute approximate surface area is 181 Å². The zero-order valence-electron chi connectivity index (χ0n) is 16.6. The minimum Gasteiger partial charge on any atom is -0.371 e. The van der Waals surface area contributed by atoms with Crippen LogP contribution in [0.2, 0.25) is 0 Å². The molecule has 1 fully saturated rings. The van der Waals surface area contributed by atoms with Gasteiger partial charge >= 0.3 is 0 Å². The molecule has 0 spiro atoms. The Morgan fingerprint density at radius 3 is 2.75 bits per heavy atom. The van der Waals surface area contributed by atoms with Crippen LogP contribution >= 0.6 is 0 Å². The Morgan fingerprint density at radius 1 is 1.34 bits per heavy atom. The maximum Gasteiger partial charge on any atom is 0.274 e. The van der Waals surface area contributed by atoms with E-state index >= 15 is 0 Å². The molecule has 0 saturated carbocycles. The van der Waals surface area contributed by atoms with Crippen molar-refractivity contribution in [2.24, 2.45) is 10.7 Å². The van der Waals surface area contributed by atoms with Crippen LogP contribution in [0.1, 0.15) is 16.1 Å². The number of alkyl halides is 1. The van der Waals surface area contributed by atoms with Crippen molar-refractivity contribution in [2.75, 3.05) is 25.6 Å². The lowest BCUT2D eigenvalue weighted by molar-refractivity contribution is 0.0847. The smallest absolute Gasteiger partial charge is 0.274 e. The van der Waals surface area contributed by atoms with Crippen LogP contribution in [-0.2, 0) is 20.3 Å². The largest absolute Gasteiger partial charge is 0.371 e. The van der Waals surface area contributed by atoms with Crippen LogP contribution in [0.3, 0.4) is 0 Å². The predicted octanol–water partition coefficient (Wildman–Crippen LogP) is 1.13. The SMILES string of the molecule is CN1C(N)=N[C@@]2(c3cc(NC(=O)c4ccc(F)cn4)ccc3F)CO[C@@H](CF)[C@H]2S1(=O)=O. The number of benzene rings is 1. The molecule has 4 rings (SSSR count). The number of rotatable bonds is 4. The summed E-state index contributed by atoms with van der Waals surface area (Å²) in [5.41, 5.74) is 3.69. The number of carbonyl (C=O) groups is 1. The van der Waals surface area contributed by atoms with E-state index in [2.05, 4.69) is 15.3 Å². The lowest BCUT2D eigenvalue weighted by Crippen LogP contribution is -2.59. The van der Waals surface area contributed by atoms with Gasteiger partial charge in [-0.05, 0) is 30.3 Å². The van der Waals surface area contributed by atoms with Gasteiger partial charge in [0.1, 0.15) is 40.9 Å². The highest BCUT2D eigenvalue weighted by atomic mass is 32.2. The van der Waals surface area contributed by atoms with Gasteiger partial charge in [-0.2, -0.15) is 0 Å². The molecule has 3 N–H and O–H groups in total. The van der Waals surface area contributed by atoms with Crippen LogP contribution in [-0.4, -0.2) is 61.3 Å². The van der Waals surface area contributed by atoms with Gasteiger partial charge in [0.05, 0.1) is 12.8 Å². The molecule has 0 unspecified atom stereocenters. The third kappa shape index (κ3) is 3.37. The first kappa shape index (κ1) is 22.0. The zero-order chi connectivity index (χ0) is 23.3. The summed E-state index contributed by atoms with van der Waals surface area (Å²) >= 11 is 0. The molecule has 1 aromatic carbocycles. The first-order chi connectivity index (χ1) is 15.1. The highest BCUT2D eigenvalue weighted by Gasteiger charge is 2.62. The van der Waals surface area contributed by atoms with Gasteiger partial charge in [0.2, 0.25) is 16.0 Å². The van der Waals surface area contributed by atoms with Crippen molar-refractivity contribution in [3.8, 4) is 0 Å². The Balaban J connectivity index is 1.78. The number of halogens is 3. The molecule has 1 saturated heterocycles. The van der Waals surface area contributed by atoms with Gasteiger partial charge in [-0.15, -0.1) is 0 Å². The van der Waals surface area contributed by atoms with Gasteiger partial charge in [0.15, 0.2) is 0 Å². The van der Waals surface area contributed by atoms with E-state index in [1.54, 1.807) is 0 Å². The molecule has 1 amide bonds. The molecule has 9 nitrogen and oxygen atoms in total. The van der Waals surface area contributed by atoms with Crippen LogP contribution < -0.4 is 11.1 Å². The molecule has 170 valence electrons. The molecular formula is C19H18F3N5O4S. The first-order valence-electron chi connectivity index (χ1n) is 9.34. The molecule has 1 aromatic heterocycles. The van der Waals surface area contributed by atoms with Crippen molar-refractivity contribution < 1.29 is 31.1 Å². The van der Waals surface area contributed by atoms with E-state index in [9.17, 15) is 26.4 Å². The fraction of sp³-hybridized carbons (Fsp3) is 0.316. The van der Waals surface area contributed by atoms with E-state index in [4.69, 9.17) is 10.5 Å². The second-order valence-electron chi connectivity index (χ2n) is 7.34. The van der Waals surface area contributed by atoms with Gasteiger partial charge in [-0.25, -0.2) is 35.9 Å². The normalized spacial score (nSPS) is 26.4. The monoisotopic (exact) mass is 469 g/mol. The molecule has 0 radical (unpaired) electrons. The number of guanidine groups is 1. The third-order valence-corrected chi connectivity index (χ3v) is 7.75. The lowest BCUT2D eigenvalue weighted by Gasteiger charge is -2.39. The van der Waals surface area contributed by atoms with E-state index in [1.807, 2.05) is 0 Å². The van der Waals surface area contributed by atoms with Crippen molar-refractivity contribution in [2.45, 2.75) is 16.9 Å². The maximum atomic E-state index is 15.0. The Kier molecular flexibility index (Phi) is 5.33. The molecule has 3 heterocycles. The van der Waals surface area contributed by atoms with Crippen LogP contribution in [0.5, 0.6) is 0 Å². The number of sulfonamides is 1. The van der Waals surface area contributed by atoms with E-state index < -0.39 is 63.7 Å². The summed E-state index contributed by atoms with van der Waals surface area (Å²) in [4.78, 5) is 20.3. The molecular weight excluding hydrogens is 451 g/mol. The van der Waals surface area contributed by atoms with Crippen molar-refractivity contribution in [1.29, 1.82) is 0 Å². The van der Waals surface area contributed by atoms with E-state index in [0.29, 0.717) is 4.31 Å². The average molecular weight is 469 g/mol. The number of hydrogen-bond donors (Lipinski definition) is 2. The number of fused-ring (bicyclic) bond motifs is 1. The highest BCUT2D eigenvalue weighted by molar-refractivity contribution is 7.90. The molecule has 3 atom stereocenters. The topological polar surface area (TPSA) is 127 Å². The number of carbonyl (C=O) groups excluding carboxylic acids is 1. The van der Waals surface area contributed by atoms with Gasteiger partial charge in [-0.3, -0.25) is 4.79 Å². The Morgan fingerprint density at radius 2 is 2.09 bits per heavy atom. The van der Waals surface area contributed by atoms with Gasteiger partial charge < -0.3 is 15.8 Å². The molecule has 13 heteroatoms. The summed E-state index contributed by atoms with van der Waals surface area (Å²) in [6.45, 7) is -1.57. The van der Waals surface area contributed by atoms with Crippen molar-refractivity contribution in [1.82, 2.24) is 9.29 Å². The van der Waals surface area contributed by atoms with E-state index in [1.165, 1.54) is 12.1 Å². The van der Waals surface area contributed by atoms with Crippen LogP contribution in [0, 0.1) is 11.6 Å². The van der Waals surface area contributed by atoms with Crippen LogP contribution in [0.4, 0.5) is 18.9 Å². The minimum atomic E-state index is -4.24. The van der Waals surface area contributed by atoms with Gasteiger partial charge in [0.25, 0.3) is 5.91 Å². The Bertz CT molecular complexity index is 1210. The number of ether oxygens (including phenoxy) is 1. The number of aromatic nitrogens is 1. The molecule has 2 aliphatic rings. The summed E-state index contributed by atoms with van der Waals surface area (Å²) in [7, 11) is -3.08. The fourth-order valence-corrected chi connectivity index (χ4v) is 5.80. The Hall–Kier alpha value is -3.19. The standard InChI is InChI=1S/C19H18F3N5O4S/c1-27-18(23)26-19(9-31-15(7-20)16(19)32(27,29)30)12-6-11(3-4-13(12)22)25-17(28)14-5-2-10(21)8-24-14/h2-6,8,15-16H,7,9H2,1H3,(H2,23,26)(H,25,28)/t15-,16+,19+/m0/s1. The van der Waals surface area contributed by atoms with E-state index in [0.717, 1.165) is 31.4 Å². The first-order valence-corrected chi connectivity index (χ1v) is 10.8. The number of pyridine rings is 1. The molecule has 2 aliphatic heterocycles. The third-order valence-electron chi connectivity index (χ3n) is 5.47. The van der Waals surface area contributed by atoms with Crippen LogP contribution in [0.15, 0.2) is 41.5 Å². The number of nitrogens with one attached hydrogen (secondary N) is 1.